The van der Waals surface area contributed by atoms with Gasteiger partial charge in [-0.05, 0) is 38.7 Å². The van der Waals surface area contributed by atoms with Gasteiger partial charge in [0.15, 0.2) is 0 Å². The van der Waals surface area contributed by atoms with E-state index in [4.69, 9.17) is 5.11 Å². The van der Waals surface area contributed by atoms with Crippen LogP contribution < -0.4 is 5.32 Å². The highest BCUT2D eigenvalue weighted by Crippen LogP contribution is 2.22. The Balaban J connectivity index is 3.01. The van der Waals surface area contributed by atoms with Crippen LogP contribution in [0.4, 0.5) is 0 Å². The largest absolute Gasteiger partial charge is 0.481 e. The van der Waals surface area contributed by atoms with E-state index in [2.05, 4.69) is 24.3 Å². The molecule has 1 aromatic heterocycles. The van der Waals surface area contributed by atoms with Crippen molar-refractivity contribution in [2.75, 3.05) is 0 Å². The van der Waals surface area contributed by atoms with Crippen LogP contribution in [-0.4, -0.2) is 32.3 Å². The number of hydrogen-bond donors (Lipinski definition) is 2. The number of hydrogen-bond acceptors (Lipinski definition) is 3. The van der Waals surface area contributed by atoms with Gasteiger partial charge in [0.05, 0.1) is 18.0 Å². The maximum Gasteiger partial charge on any atom is 0.305 e. The molecule has 6 nitrogen and oxygen atoms in total. The van der Waals surface area contributed by atoms with Crippen molar-refractivity contribution in [2.45, 2.75) is 72.4 Å². The summed E-state index contributed by atoms with van der Waals surface area (Å²) in [6.45, 7) is 11.7. The van der Waals surface area contributed by atoms with Crippen molar-refractivity contribution in [3.8, 4) is 0 Å². The van der Waals surface area contributed by atoms with Crippen LogP contribution in [0.15, 0.2) is 6.07 Å². The quantitative estimate of drug-likeness (QED) is 0.769. The number of nitrogens with one attached hydrogen (secondary N) is 1. The smallest absolute Gasteiger partial charge is 0.305 e. The fraction of sp³-hybridized carbons (Fsp3) is 0.706. The molecule has 0 spiro atoms. The average Bonchev–Trinajstić information content (AvgIpc) is 2.81. The molecule has 1 aromatic rings. The van der Waals surface area contributed by atoms with Crippen LogP contribution in [0.25, 0.3) is 0 Å². The van der Waals surface area contributed by atoms with Gasteiger partial charge in [0.1, 0.15) is 5.69 Å². The van der Waals surface area contributed by atoms with Crippen molar-refractivity contribution >= 4 is 11.9 Å². The Morgan fingerprint density at radius 2 is 1.91 bits per heavy atom. The first kappa shape index (κ1) is 19.2. The SMILES string of the molecule is CCC(CC)n1nc(C(=O)NC(C)(CC(=O)O)C(C)C)cc1C. The second-order valence-electron chi connectivity index (χ2n) is 6.68. The lowest BCUT2D eigenvalue weighted by molar-refractivity contribution is -0.138. The summed E-state index contributed by atoms with van der Waals surface area (Å²) < 4.78 is 1.89. The molecule has 0 radical (unpaired) electrons. The number of nitrogens with zero attached hydrogens (tertiary/aromatic N) is 2. The third-order valence-corrected chi connectivity index (χ3v) is 4.64. The molecule has 6 heteroatoms. The van der Waals surface area contributed by atoms with Crippen molar-refractivity contribution in [3.05, 3.63) is 17.5 Å². The summed E-state index contributed by atoms with van der Waals surface area (Å²) in [5, 5.41) is 16.4. The topological polar surface area (TPSA) is 84.2 Å². The Bertz CT molecular complexity index is 561. The predicted octanol–water partition coefficient (Wildman–Crippen LogP) is 3.17. The molecule has 23 heavy (non-hydrogen) atoms. The number of rotatable bonds is 8. The van der Waals surface area contributed by atoms with E-state index in [0.717, 1.165) is 18.5 Å². The van der Waals surface area contributed by atoms with Crippen molar-refractivity contribution in [1.82, 2.24) is 15.1 Å². The van der Waals surface area contributed by atoms with Gasteiger partial charge in [0, 0.05) is 5.69 Å². The molecule has 0 fully saturated rings. The predicted molar refractivity (Wildman–Crippen MR) is 89.5 cm³/mol. The second kappa shape index (κ2) is 7.62. The molecule has 0 aromatic carbocycles. The van der Waals surface area contributed by atoms with Gasteiger partial charge >= 0.3 is 5.97 Å². The summed E-state index contributed by atoms with van der Waals surface area (Å²) in [6.07, 6.45) is 1.77. The molecule has 0 aliphatic carbocycles. The molecule has 1 heterocycles. The molecule has 130 valence electrons. The third-order valence-electron chi connectivity index (χ3n) is 4.64. The van der Waals surface area contributed by atoms with Crippen LogP contribution in [0.2, 0.25) is 0 Å². The van der Waals surface area contributed by atoms with E-state index in [-0.39, 0.29) is 24.3 Å². The standard InChI is InChI=1S/C17H29N3O3/c1-7-13(8-2)20-12(5)9-14(19-20)16(23)18-17(6,11(3)4)10-15(21)22/h9,11,13H,7-8,10H2,1-6H3,(H,18,23)(H,21,22). The fourth-order valence-electron chi connectivity index (χ4n) is 2.63. The van der Waals surface area contributed by atoms with Crippen LogP contribution in [0.1, 0.15) is 76.1 Å². The minimum absolute atomic E-state index is 0.00948. The maximum absolute atomic E-state index is 12.5. The zero-order chi connectivity index (χ0) is 17.8. The first-order chi connectivity index (χ1) is 10.6. The van der Waals surface area contributed by atoms with Crippen molar-refractivity contribution in [3.63, 3.8) is 0 Å². The lowest BCUT2D eigenvalue weighted by Crippen LogP contribution is -2.51. The van der Waals surface area contributed by atoms with E-state index in [1.807, 2.05) is 25.5 Å². The highest BCUT2D eigenvalue weighted by Gasteiger charge is 2.33. The van der Waals surface area contributed by atoms with Gasteiger partial charge in [0.25, 0.3) is 5.91 Å². The van der Waals surface area contributed by atoms with Crippen LogP contribution >= 0.6 is 0 Å². The van der Waals surface area contributed by atoms with Crippen molar-refractivity contribution < 1.29 is 14.7 Å². The van der Waals surface area contributed by atoms with Crippen LogP contribution in [0, 0.1) is 12.8 Å². The van der Waals surface area contributed by atoms with Gasteiger partial charge in [-0.2, -0.15) is 5.10 Å². The van der Waals surface area contributed by atoms with E-state index in [1.165, 1.54) is 0 Å². The summed E-state index contributed by atoms with van der Waals surface area (Å²) in [7, 11) is 0. The summed E-state index contributed by atoms with van der Waals surface area (Å²) in [5.41, 5.74) is 0.468. The zero-order valence-corrected chi connectivity index (χ0v) is 15.0. The van der Waals surface area contributed by atoms with Gasteiger partial charge in [-0.15, -0.1) is 0 Å². The number of amides is 1. The molecule has 0 saturated carbocycles. The molecule has 0 aliphatic rings. The first-order valence-corrected chi connectivity index (χ1v) is 8.25. The molecule has 2 N–H and O–H groups in total. The van der Waals surface area contributed by atoms with Crippen molar-refractivity contribution in [1.29, 1.82) is 0 Å². The fourth-order valence-corrected chi connectivity index (χ4v) is 2.63. The average molecular weight is 323 g/mol. The van der Waals surface area contributed by atoms with Gasteiger partial charge in [0.2, 0.25) is 0 Å². The molecule has 1 unspecified atom stereocenters. The molecule has 0 aliphatic heterocycles. The monoisotopic (exact) mass is 323 g/mol. The molecule has 1 rings (SSSR count). The zero-order valence-electron chi connectivity index (χ0n) is 15.0. The van der Waals surface area contributed by atoms with Gasteiger partial charge in [-0.3, -0.25) is 14.3 Å². The maximum atomic E-state index is 12.5. The number of carbonyl (C=O) groups excluding carboxylic acids is 1. The molecule has 0 bridgehead atoms. The van der Waals surface area contributed by atoms with Gasteiger partial charge in [-0.25, -0.2) is 0 Å². The number of aliphatic carboxylic acids is 1. The number of aromatic nitrogens is 2. The van der Waals surface area contributed by atoms with Gasteiger partial charge in [-0.1, -0.05) is 27.7 Å². The molecular weight excluding hydrogens is 294 g/mol. The lowest BCUT2D eigenvalue weighted by Gasteiger charge is -2.33. The minimum Gasteiger partial charge on any atom is -0.481 e. The Labute approximate surface area is 138 Å². The van der Waals surface area contributed by atoms with E-state index in [1.54, 1.807) is 13.0 Å². The van der Waals surface area contributed by atoms with E-state index in [0.29, 0.717) is 5.69 Å². The minimum atomic E-state index is -0.930. The Kier molecular flexibility index (Phi) is 6.36. The van der Waals surface area contributed by atoms with Crippen LogP contribution in [0.3, 0.4) is 0 Å². The Morgan fingerprint density at radius 3 is 2.35 bits per heavy atom. The number of aryl methyl sites for hydroxylation is 1. The number of carbonyl (C=O) groups is 2. The number of carboxylic acid groups (broad SMARTS) is 1. The highest BCUT2D eigenvalue weighted by molar-refractivity contribution is 5.93. The van der Waals surface area contributed by atoms with E-state index in [9.17, 15) is 9.59 Å². The first-order valence-electron chi connectivity index (χ1n) is 8.25. The van der Waals surface area contributed by atoms with Crippen LogP contribution in [0.5, 0.6) is 0 Å². The second-order valence-corrected chi connectivity index (χ2v) is 6.68. The Morgan fingerprint density at radius 1 is 1.35 bits per heavy atom. The lowest BCUT2D eigenvalue weighted by atomic mass is 9.85. The molecular formula is C17H29N3O3. The molecule has 0 saturated heterocycles. The highest BCUT2D eigenvalue weighted by atomic mass is 16.4. The van der Waals surface area contributed by atoms with Gasteiger partial charge < -0.3 is 10.4 Å². The summed E-state index contributed by atoms with van der Waals surface area (Å²) in [5.74, 6) is -1.26. The van der Waals surface area contributed by atoms with Crippen LogP contribution in [-0.2, 0) is 4.79 Å². The van der Waals surface area contributed by atoms with E-state index < -0.39 is 11.5 Å². The third kappa shape index (κ3) is 4.56. The molecule has 1 atom stereocenters. The summed E-state index contributed by atoms with van der Waals surface area (Å²) in [6, 6.07) is 2.03. The molecule has 1 amide bonds. The Hall–Kier alpha value is -1.85. The van der Waals surface area contributed by atoms with Crippen molar-refractivity contribution in [2.24, 2.45) is 5.92 Å². The normalized spacial score (nSPS) is 14.1. The van der Waals surface area contributed by atoms with E-state index >= 15 is 0 Å². The summed E-state index contributed by atoms with van der Waals surface area (Å²) >= 11 is 0. The number of carboxylic acids is 1. The summed E-state index contributed by atoms with van der Waals surface area (Å²) in [4.78, 5) is 23.6.